The lowest BCUT2D eigenvalue weighted by Crippen LogP contribution is -2.61. The minimum atomic E-state index is -1.66. The number of benzene rings is 2. The molecule has 12 nitrogen and oxygen atoms in total. The van der Waals surface area contributed by atoms with Gasteiger partial charge in [-0.05, 0) is 11.1 Å². The molecule has 3 rings (SSSR count). The van der Waals surface area contributed by atoms with Crippen molar-refractivity contribution in [3.63, 3.8) is 0 Å². The zero-order valence-electron chi connectivity index (χ0n) is 22.0. The molecule has 0 spiro atoms. The third-order valence-electron chi connectivity index (χ3n) is 5.99. The van der Waals surface area contributed by atoms with Gasteiger partial charge in [-0.25, -0.2) is 0 Å². The van der Waals surface area contributed by atoms with E-state index in [9.17, 15) is 30.3 Å². The van der Waals surface area contributed by atoms with Crippen LogP contribution in [0.3, 0.4) is 0 Å². The molecule has 12 heteroatoms. The highest BCUT2D eigenvalue weighted by Gasteiger charge is 2.48. The summed E-state index contributed by atoms with van der Waals surface area (Å²) < 4.78 is 22.0. The molecule has 0 amide bonds. The molecular formula is C28H36N2O10. The van der Waals surface area contributed by atoms with E-state index in [0.29, 0.717) is 6.54 Å². The van der Waals surface area contributed by atoms with Crippen molar-refractivity contribution in [3.05, 3.63) is 71.8 Å². The van der Waals surface area contributed by atoms with Gasteiger partial charge in [-0.1, -0.05) is 60.7 Å². The number of nitrogens with zero attached hydrogens (tertiary/aromatic N) is 2. The zero-order chi connectivity index (χ0) is 28.9. The molecule has 218 valence electrons. The first-order valence-corrected chi connectivity index (χ1v) is 12.8. The summed E-state index contributed by atoms with van der Waals surface area (Å²) in [6, 6.07) is 18.7. The summed E-state index contributed by atoms with van der Waals surface area (Å²) in [5, 5.41) is 51.3. The van der Waals surface area contributed by atoms with Gasteiger partial charge in [0.05, 0.1) is 32.5 Å². The lowest BCUT2D eigenvalue weighted by molar-refractivity contribution is -0.315. The van der Waals surface area contributed by atoms with Gasteiger partial charge in [0.2, 0.25) is 0 Å². The SMILES string of the molecule is CC(=O)O[C@@H]1[C@@H](O)[C@@H](O[C@@H](C=NCc2ccccc2)[C@@H](CO)O[C@H](O)C=NCc2ccccc2)O[C@@H](CO)[C@H]1O. The molecule has 1 fully saturated rings. The minimum absolute atomic E-state index is 0.252. The van der Waals surface area contributed by atoms with Gasteiger partial charge in [0.25, 0.3) is 0 Å². The standard InChI is InChI=1S/C28H36N2O10/c1-18(33)37-27-25(35)23(17-32)40-28(26(27)36)39-21(14-29-12-19-8-4-2-5-9-19)22(16-31)38-24(34)15-30-13-20-10-6-3-7-11-20/h2-11,14-15,21-28,31-32,34-36H,12-13,16-17H2,1H3/t21-,22+,23-,24-,25+,26+,27-,28-/m0/s1. The van der Waals surface area contributed by atoms with Crippen LogP contribution in [-0.4, -0.2) is 106 Å². The molecule has 40 heavy (non-hydrogen) atoms. The quantitative estimate of drug-likeness (QED) is 0.120. The molecule has 1 saturated heterocycles. The molecule has 5 N–H and O–H groups in total. The predicted octanol–water partition coefficient (Wildman–Crippen LogP) is -0.0198. The molecule has 2 aromatic rings. The second-order valence-corrected chi connectivity index (χ2v) is 9.08. The minimum Gasteiger partial charge on any atom is -0.457 e. The topological polar surface area (TPSA) is 180 Å². The van der Waals surface area contributed by atoms with Crippen molar-refractivity contribution >= 4 is 18.4 Å². The number of hydrogen-bond acceptors (Lipinski definition) is 12. The number of carbonyl (C=O) groups is 1. The van der Waals surface area contributed by atoms with E-state index in [1.54, 1.807) is 0 Å². The van der Waals surface area contributed by atoms with E-state index < -0.39 is 68.4 Å². The Hall–Kier alpha value is -3.07. The van der Waals surface area contributed by atoms with E-state index in [4.69, 9.17) is 18.9 Å². The first kappa shape index (κ1) is 31.5. The number of carbonyl (C=O) groups excluding carboxylic acids is 1. The molecule has 1 aliphatic rings. The van der Waals surface area contributed by atoms with Gasteiger partial charge < -0.3 is 44.5 Å². The van der Waals surface area contributed by atoms with Crippen LogP contribution in [0.2, 0.25) is 0 Å². The van der Waals surface area contributed by atoms with Crippen molar-refractivity contribution in [3.8, 4) is 0 Å². The summed E-state index contributed by atoms with van der Waals surface area (Å²) in [5.74, 6) is -0.768. The van der Waals surface area contributed by atoms with Crippen LogP contribution in [0.25, 0.3) is 0 Å². The molecule has 0 saturated carbocycles. The summed E-state index contributed by atoms with van der Waals surface area (Å²) in [5.41, 5.74) is 1.81. The lowest BCUT2D eigenvalue weighted by Gasteiger charge is -2.42. The van der Waals surface area contributed by atoms with E-state index in [0.717, 1.165) is 18.1 Å². The van der Waals surface area contributed by atoms with Gasteiger partial charge in [0.15, 0.2) is 18.7 Å². The molecule has 2 aromatic carbocycles. The molecule has 8 atom stereocenters. The number of rotatable bonds is 14. The fourth-order valence-electron chi connectivity index (χ4n) is 3.99. The second kappa shape index (κ2) is 16.3. The number of aliphatic hydroxyl groups excluding tert-OH is 5. The van der Waals surface area contributed by atoms with Crippen LogP contribution in [0, 0.1) is 0 Å². The number of esters is 1. The maximum atomic E-state index is 11.6. The fourth-order valence-corrected chi connectivity index (χ4v) is 3.99. The third-order valence-corrected chi connectivity index (χ3v) is 5.99. The van der Waals surface area contributed by atoms with Crippen LogP contribution in [-0.2, 0) is 36.8 Å². The monoisotopic (exact) mass is 560 g/mol. The second-order valence-electron chi connectivity index (χ2n) is 9.08. The van der Waals surface area contributed by atoms with Gasteiger partial charge in [0, 0.05) is 13.1 Å². The Labute approximate surface area is 232 Å². The normalized spacial score (nSPS) is 25.6. The van der Waals surface area contributed by atoms with E-state index in [1.165, 1.54) is 12.4 Å². The Morgan fingerprint density at radius 3 is 2.05 bits per heavy atom. The van der Waals surface area contributed by atoms with Crippen molar-refractivity contribution in [1.29, 1.82) is 0 Å². The van der Waals surface area contributed by atoms with Crippen molar-refractivity contribution in [2.45, 2.75) is 69.2 Å². The summed E-state index contributed by atoms with van der Waals surface area (Å²) in [6.07, 6.45) is -8.84. The summed E-state index contributed by atoms with van der Waals surface area (Å²) in [4.78, 5) is 20.1. The molecule has 0 aromatic heterocycles. The number of ether oxygens (including phenoxy) is 4. The third kappa shape index (κ3) is 9.54. The highest BCUT2D eigenvalue weighted by molar-refractivity contribution is 5.66. The highest BCUT2D eigenvalue weighted by atomic mass is 16.7. The number of aliphatic hydroxyl groups is 5. The van der Waals surface area contributed by atoms with Gasteiger partial charge >= 0.3 is 5.97 Å². The van der Waals surface area contributed by atoms with Crippen LogP contribution >= 0.6 is 0 Å². The van der Waals surface area contributed by atoms with Crippen LogP contribution in [0.1, 0.15) is 18.1 Å². The fraction of sp³-hybridized carbons (Fsp3) is 0.464. The molecule has 1 heterocycles. The average Bonchev–Trinajstić information content (AvgIpc) is 2.95. The van der Waals surface area contributed by atoms with Gasteiger partial charge in [-0.3, -0.25) is 14.8 Å². The molecule has 1 aliphatic heterocycles. The highest BCUT2D eigenvalue weighted by Crippen LogP contribution is 2.26. The molecular weight excluding hydrogens is 524 g/mol. The van der Waals surface area contributed by atoms with Crippen LogP contribution in [0.4, 0.5) is 0 Å². The molecule has 0 radical (unpaired) electrons. The number of hydrogen-bond donors (Lipinski definition) is 5. The Balaban J connectivity index is 1.76. The first-order chi connectivity index (χ1) is 19.3. The Kier molecular flexibility index (Phi) is 12.8. The predicted molar refractivity (Wildman–Crippen MR) is 143 cm³/mol. The van der Waals surface area contributed by atoms with Crippen molar-refractivity contribution in [2.75, 3.05) is 13.2 Å². The largest absolute Gasteiger partial charge is 0.457 e. The molecule has 0 aliphatic carbocycles. The van der Waals surface area contributed by atoms with Gasteiger partial charge in [-0.2, -0.15) is 0 Å². The summed E-state index contributed by atoms with van der Waals surface area (Å²) in [6.45, 7) is 0.368. The lowest BCUT2D eigenvalue weighted by atomic mass is 9.99. The van der Waals surface area contributed by atoms with Crippen molar-refractivity contribution < 1.29 is 49.3 Å². The average molecular weight is 561 g/mol. The van der Waals surface area contributed by atoms with Crippen LogP contribution in [0.5, 0.6) is 0 Å². The first-order valence-electron chi connectivity index (χ1n) is 12.8. The van der Waals surface area contributed by atoms with Crippen LogP contribution < -0.4 is 0 Å². The Morgan fingerprint density at radius 2 is 1.52 bits per heavy atom. The van der Waals surface area contributed by atoms with Gasteiger partial charge in [-0.15, -0.1) is 0 Å². The van der Waals surface area contributed by atoms with E-state index in [1.807, 2.05) is 60.7 Å². The summed E-state index contributed by atoms with van der Waals surface area (Å²) in [7, 11) is 0. The smallest absolute Gasteiger partial charge is 0.303 e. The van der Waals surface area contributed by atoms with Crippen molar-refractivity contribution in [2.24, 2.45) is 9.98 Å². The Bertz CT molecular complexity index is 1070. The van der Waals surface area contributed by atoms with E-state index >= 15 is 0 Å². The maximum Gasteiger partial charge on any atom is 0.303 e. The Morgan fingerprint density at radius 1 is 0.950 bits per heavy atom. The van der Waals surface area contributed by atoms with Crippen molar-refractivity contribution in [1.82, 2.24) is 0 Å². The van der Waals surface area contributed by atoms with Crippen LogP contribution in [0.15, 0.2) is 70.6 Å². The zero-order valence-corrected chi connectivity index (χ0v) is 22.0. The molecule has 0 unspecified atom stereocenters. The molecule has 0 bridgehead atoms. The summed E-state index contributed by atoms with van der Waals surface area (Å²) >= 11 is 0. The van der Waals surface area contributed by atoms with Gasteiger partial charge in [0.1, 0.15) is 30.5 Å². The van der Waals surface area contributed by atoms with E-state index in [2.05, 4.69) is 9.98 Å². The number of aliphatic imine (C=N–C) groups is 2. The maximum absolute atomic E-state index is 11.6. The van der Waals surface area contributed by atoms with E-state index in [-0.39, 0.29) is 6.54 Å².